The molecule has 0 saturated carbocycles. The van der Waals surface area contributed by atoms with E-state index in [0.717, 1.165) is 75.6 Å². The lowest BCUT2D eigenvalue weighted by Gasteiger charge is -2.43. The number of anilines is 1. The van der Waals surface area contributed by atoms with Gasteiger partial charge < -0.3 is 14.2 Å². The van der Waals surface area contributed by atoms with E-state index in [1.807, 2.05) is 13.0 Å². The number of likely N-dealkylation sites (tertiary alicyclic amines) is 1. The molecule has 0 aliphatic carbocycles. The van der Waals surface area contributed by atoms with E-state index >= 15 is 0 Å². The predicted octanol–water partition coefficient (Wildman–Crippen LogP) is 1.93. The number of piperidine rings is 1. The quantitative estimate of drug-likeness (QED) is 0.775. The maximum absolute atomic E-state index is 13.4. The molecular weight excluding hydrogens is 378 g/mol. The Kier molecular flexibility index (Phi) is 4.42. The van der Waals surface area contributed by atoms with E-state index in [9.17, 15) is 4.79 Å². The molecule has 0 radical (unpaired) electrons. The molecule has 7 heteroatoms. The van der Waals surface area contributed by atoms with Gasteiger partial charge in [0.15, 0.2) is 5.82 Å². The molecule has 2 aromatic rings. The molecule has 30 heavy (non-hydrogen) atoms. The Hall–Kier alpha value is -2.25. The number of nitrogens with zero attached hydrogens (tertiary/aromatic N) is 5. The Labute approximate surface area is 176 Å². The van der Waals surface area contributed by atoms with Crippen molar-refractivity contribution >= 4 is 5.82 Å². The van der Waals surface area contributed by atoms with Gasteiger partial charge in [-0.05, 0) is 50.3 Å². The maximum atomic E-state index is 13.4. The van der Waals surface area contributed by atoms with Gasteiger partial charge in [0.05, 0.1) is 17.9 Å². The van der Waals surface area contributed by atoms with Crippen LogP contribution >= 0.6 is 0 Å². The monoisotopic (exact) mass is 407 g/mol. The zero-order valence-electron chi connectivity index (χ0n) is 17.5. The summed E-state index contributed by atoms with van der Waals surface area (Å²) in [6, 6.07) is 8.37. The molecule has 6 rings (SSSR count). The summed E-state index contributed by atoms with van der Waals surface area (Å²) in [6.45, 7) is 7.27. The van der Waals surface area contributed by atoms with Crippen molar-refractivity contribution in [3.8, 4) is 0 Å². The molecule has 0 N–H and O–H groups in total. The molecule has 4 aliphatic rings. The summed E-state index contributed by atoms with van der Waals surface area (Å²) in [6.07, 6.45) is 4.20. The van der Waals surface area contributed by atoms with E-state index < -0.39 is 0 Å². The third kappa shape index (κ3) is 3.24. The normalized spacial score (nSPS) is 30.4. The minimum absolute atomic E-state index is 0.213. The first-order valence-electron chi connectivity index (χ1n) is 11.3. The van der Waals surface area contributed by atoms with E-state index in [0.29, 0.717) is 24.0 Å². The van der Waals surface area contributed by atoms with Gasteiger partial charge in [-0.25, -0.2) is 0 Å². The molecule has 4 atom stereocenters. The Balaban J connectivity index is 1.23. The predicted molar refractivity (Wildman–Crippen MR) is 114 cm³/mol. The van der Waals surface area contributed by atoms with Gasteiger partial charge in [0, 0.05) is 56.4 Å². The summed E-state index contributed by atoms with van der Waals surface area (Å²) in [5, 5.41) is 8.62. The molecule has 2 aromatic heterocycles. The fourth-order valence-corrected chi connectivity index (χ4v) is 5.93. The van der Waals surface area contributed by atoms with Crippen LogP contribution < -0.4 is 10.5 Å². The SMILES string of the molecule is Cc1ccc(N2C[C@@H]3C[C@H](C2)c2ccc(CN4C[C@H]5CC[C@@H](C4)O5)c(=O)n2C3)nn1. The molecule has 4 aliphatic heterocycles. The smallest absolute Gasteiger partial charge is 0.255 e. The van der Waals surface area contributed by atoms with Gasteiger partial charge in [-0.1, -0.05) is 6.07 Å². The second-order valence-corrected chi connectivity index (χ2v) is 9.59. The van der Waals surface area contributed by atoms with Crippen LogP contribution in [-0.2, 0) is 17.8 Å². The van der Waals surface area contributed by atoms with Crippen molar-refractivity contribution in [3.05, 3.63) is 51.6 Å². The van der Waals surface area contributed by atoms with Crippen LogP contribution in [0.15, 0.2) is 29.1 Å². The second kappa shape index (κ2) is 7.17. The molecule has 4 bridgehead atoms. The van der Waals surface area contributed by atoms with E-state index in [4.69, 9.17) is 4.74 Å². The Morgan fingerprint density at radius 2 is 1.83 bits per heavy atom. The number of aryl methyl sites for hydroxylation is 1. The first kappa shape index (κ1) is 18.5. The van der Waals surface area contributed by atoms with Crippen molar-refractivity contribution in [3.63, 3.8) is 0 Å². The number of fused-ring (bicyclic) bond motifs is 6. The van der Waals surface area contributed by atoms with E-state index in [2.05, 4.69) is 42.8 Å². The van der Waals surface area contributed by atoms with Gasteiger partial charge in [0.25, 0.3) is 5.56 Å². The Morgan fingerprint density at radius 1 is 1.00 bits per heavy atom. The third-order valence-electron chi connectivity index (χ3n) is 7.30. The summed E-state index contributed by atoms with van der Waals surface area (Å²) in [7, 11) is 0. The average Bonchev–Trinajstić information content (AvgIpc) is 3.09. The van der Waals surface area contributed by atoms with Crippen LogP contribution in [0.4, 0.5) is 5.82 Å². The van der Waals surface area contributed by atoms with Crippen LogP contribution in [0.3, 0.4) is 0 Å². The lowest BCUT2D eigenvalue weighted by molar-refractivity contribution is -0.0412. The molecule has 7 nitrogen and oxygen atoms in total. The van der Waals surface area contributed by atoms with Crippen LogP contribution in [0.25, 0.3) is 0 Å². The highest BCUT2D eigenvalue weighted by Gasteiger charge is 2.37. The minimum Gasteiger partial charge on any atom is -0.372 e. The number of hydrogen-bond donors (Lipinski definition) is 0. The van der Waals surface area contributed by atoms with Crippen molar-refractivity contribution in [2.24, 2.45) is 5.92 Å². The number of aromatic nitrogens is 3. The lowest BCUT2D eigenvalue weighted by Crippen LogP contribution is -2.48. The van der Waals surface area contributed by atoms with Gasteiger partial charge in [-0.15, -0.1) is 5.10 Å². The van der Waals surface area contributed by atoms with Crippen LogP contribution in [0.1, 0.15) is 42.1 Å². The molecule has 3 fully saturated rings. The minimum atomic E-state index is 0.213. The summed E-state index contributed by atoms with van der Waals surface area (Å²) in [5.41, 5.74) is 3.27. The maximum Gasteiger partial charge on any atom is 0.255 e. The fourth-order valence-electron chi connectivity index (χ4n) is 5.93. The zero-order chi connectivity index (χ0) is 20.2. The standard InChI is InChI=1S/C23H29N5O2/c1-15-2-7-22(25-24-15)27-9-16-8-18(12-27)21-6-3-17(23(29)28(21)10-16)11-26-13-19-4-5-20(14-26)30-19/h2-3,6-7,16,18-20H,4-5,8-14H2,1H3/t16-,18+,19-,20+/m0/s1. The van der Waals surface area contributed by atoms with Gasteiger partial charge in [0.2, 0.25) is 0 Å². The highest BCUT2D eigenvalue weighted by Crippen LogP contribution is 2.36. The van der Waals surface area contributed by atoms with E-state index in [1.54, 1.807) is 0 Å². The van der Waals surface area contributed by atoms with Crippen molar-refractivity contribution in [1.29, 1.82) is 0 Å². The molecule has 0 spiro atoms. The molecule has 158 valence electrons. The highest BCUT2D eigenvalue weighted by atomic mass is 16.5. The third-order valence-corrected chi connectivity index (χ3v) is 7.30. The number of hydrogen-bond acceptors (Lipinski definition) is 6. The molecule has 0 unspecified atom stereocenters. The second-order valence-electron chi connectivity index (χ2n) is 9.59. The van der Waals surface area contributed by atoms with Crippen molar-refractivity contribution in [2.45, 2.75) is 57.4 Å². The van der Waals surface area contributed by atoms with Crippen LogP contribution in [0.2, 0.25) is 0 Å². The average molecular weight is 408 g/mol. The Morgan fingerprint density at radius 3 is 2.60 bits per heavy atom. The van der Waals surface area contributed by atoms with Crippen molar-refractivity contribution in [1.82, 2.24) is 19.7 Å². The first-order valence-corrected chi connectivity index (χ1v) is 11.3. The summed E-state index contributed by atoms with van der Waals surface area (Å²) < 4.78 is 8.02. The highest BCUT2D eigenvalue weighted by molar-refractivity contribution is 5.40. The number of pyridine rings is 1. The molecule has 6 heterocycles. The topological polar surface area (TPSA) is 63.5 Å². The number of rotatable bonds is 3. The van der Waals surface area contributed by atoms with Gasteiger partial charge in [-0.2, -0.15) is 5.10 Å². The van der Waals surface area contributed by atoms with Crippen LogP contribution in [0, 0.1) is 12.8 Å². The van der Waals surface area contributed by atoms with Crippen molar-refractivity contribution in [2.75, 3.05) is 31.1 Å². The zero-order valence-corrected chi connectivity index (χ0v) is 17.5. The van der Waals surface area contributed by atoms with Crippen molar-refractivity contribution < 1.29 is 4.74 Å². The van der Waals surface area contributed by atoms with E-state index in [-0.39, 0.29) is 5.56 Å². The number of morpholine rings is 1. The van der Waals surface area contributed by atoms with E-state index in [1.165, 1.54) is 5.69 Å². The largest absolute Gasteiger partial charge is 0.372 e. The summed E-state index contributed by atoms with van der Waals surface area (Å²) in [5.74, 6) is 1.80. The van der Waals surface area contributed by atoms with Crippen LogP contribution in [-0.4, -0.2) is 58.1 Å². The van der Waals surface area contributed by atoms with Gasteiger partial charge in [-0.3, -0.25) is 9.69 Å². The molecular formula is C23H29N5O2. The number of ether oxygens (including phenoxy) is 1. The lowest BCUT2D eigenvalue weighted by atomic mass is 9.83. The summed E-state index contributed by atoms with van der Waals surface area (Å²) in [4.78, 5) is 18.1. The van der Waals surface area contributed by atoms with Gasteiger partial charge >= 0.3 is 0 Å². The first-order chi connectivity index (χ1) is 14.6. The molecule has 0 aromatic carbocycles. The molecule has 3 saturated heterocycles. The molecule has 0 amide bonds. The van der Waals surface area contributed by atoms with Gasteiger partial charge in [0.1, 0.15) is 0 Å². The summed E-state index contributed by atoms with van der Waals surface area (Å²) >= 11 is 0. The fraction of sp³-hybridized carbons (Fsp3) is 0.609. The van der Waals surface area contributed by atoms with Crippen LogP contribution in [0.5, 0.6) is 0 Å². The Bertz CT molecular complexity index is 992.